The minimum absolute atomic E-state index is 0.0841. The highest BCUT2D eigenvalue weighted by Gasteiger charge is 2.48. The van der Waals surface area contributed by atoms with Gasteiger partial charge in [-0.05, 0) is 67.3 Å². The minimum Gasteiger partial charge on any atom is -0.480 e. The number of thioether (sulfide) groups is 1. The summed E-state index contributed by atoms with van der Waals surface area (Å²) in [4.78, 5) is 12.0. The number of sulfonamides is 1. The maximum atomic E-state index is 13.7. The van der Waals surface area contributed by atoms with Crippen LogP contribution < -0.4 is 5.32 Å². The predicted octanol–water partition coefficient (Wildman–Crippen LogP) is 4.79. The third-order valence-corrected chi connectivity index (χ3v) is 9.81. The Morgan fingerprint density at radius 3 is 2.30 bits per heavy atom. The van der Waals surface area contributed by atoms with Gasteiger partial charge in [0.25, 0.3) is 0 Å². The largest absolute Gasteiger partial charge is 0.480 e. The topological polar surface area (TPSA) is 86.7 Å². The van der Waals surface area contributed by atoms with Gasteiger partial charge in [-0.15, -0.1) is 0 Å². The highest BCUT2D eigenvalue weighted by molar-refractivity contribution is 8.00. The lowest BCUT2D eigenvalue weighted by molar-refractivity contribution is -0.142. The summed E-state index contributed by atoms with van der Waals surface area (Å²) in [5.41, 5.74) is 3.58. The van der Waals surface area contributed by atoms with E-state index in [-0.39, 0.29) is 17.3 Å². The summed E-state index contributed by atoms with van der Waals surface area (Å²) in [5.74, 6) is -0.787. The predicted molar refractivity (Wildman–Crippen MR) is 146 cm³/mol. The van der Waals surface area contributed by atoms with E-state index < -0.39 is 26.8 Å². The molecule has 0 bridgehead atoms. The summed E-state index contributed by atoms with van der Waals surface area (Å²) >= 11 is 1.47. The van der Waals surface area contributed by atoms with Crippen molar-refractivity contribution < 1.29 is 22.7 Å². The highest BCUT2D eigenvalue weighted by Crippen LogP contribution is 2.38. The lowest BCUT2D eigenvalue weighted by Crippen LogP contribution is -2.58. The molecule has 0 spiro atoms. The van der Waals surface area contributed by atoms with Crippen molar-refractivity contribution in [2.24, 2.45) is 0 Å². The van der Waals surface area contributed by atoms with E-state index >= 15 is 0 Å². The number of nitrogens with one attached hydrogen (secondary N) is 1. The molecule has 4 rings (SSSR count). The van der Waals surface area contributed by atoms with Crippen LogP contribution in [0.4, 0.5) is 4.39 Å². The van der Waals surface area contributed by atoms with Gasteiger partial charge in [-0.1, -0.05) is 54.6 Å². The minimum atomic E-state index is -3.96. The Morgan fingerprint density at radius 1 is 1.05 bits per heavy atom. The molecule has 0 aliphatic carbocycles. The van der Waals surface area contributed by atoms with Crippen molar-refractivity contribution >= 4 is 27.8 Å². The van der Waals surface area contributed by atoms with Gasteiger partial charge in [-0.3, -0.25) is 4.79 Å². The van der Waals surface area contributed by atoms with Crippen molar-refractivity contribution in [3.8, 4) is 11.1 Å². The van der Waals surface area contributed by atoms with E-state index in [2.05, 4.69) is 5.32 Å². The molecule has 37 heavy (non-hydrogen) atoms. The number of nitrogens with zero attached hydrogens (tertiary/aromatic N) is 1. The molecule has 0 aromatic heterocycles. The van der Waals surface area contributed by atoms with Crippen LogP contribution in [0.1, 0.15) is 25.0 Å². The second-order valence-electron chi connectivity index (χ2n) is 9.55. The molecule has 1 aliphatic rings. The van der Waals surface area contributed by atoms with Crippen molar-refractivity contribution in [3.63, 3.8) is 0 Å². The molecular weight excluding hydrogens is 511 g/mol. The Hall–Kier alpha value is -2.72. The van der Waals surface area contributed by atoms with Crippen molar-refractivity contribution in [1.29, 1.82) is 0 Å². The van der Waals surface area contributed by atoms with Crippen LogP contribution in [0.25, 0.3) is 11.1 Å². The zero-order valence-electron chi connectivity index (χ0n) is 20.9. The van der Waals surface area contributed by atoms with Crippen LogP contribution in [-0.4, -0.2) is 53.4 Å². The van der Waals surface area contributed by atoms with Crippen molar-refractivity contribution in [2.75, 3.05) is 18.8 Å². The number of halogens is 1. The molecule has 3 aromatic carbocycles. The zero-order valence-corrected chi connectivity index (χ0v) is 22.5. The van der Waals surface area contributed by atoms with E-state index in [1.807, 2.05) is 30.3 Å². The maximum absolute atomic E-state index is 13.7. The summed E-state index contributed by atoms with van der Waals surface area (Å²) in [6.45, 7) is 5.01. The summed E-state index contributed by atoms with van der Waals surface area (Å²) in [5, 5.41) is 13.1. The molecule has 1 saturated heterocycles. The number of rotatable bonds is 9. The standard InChI is InChI=1S/C28H31FN2O4S2/c1-28(2)26(27(32)33)31(17-18-36-28)37(34,35)24-13-11-22(12-14-24)21-9-7-20(8-10-21)19-30-16-15-23-5-3-4-6-25(23)29/h3-14,26,30H,15-19H2,1-2H3,(H,32,33)/t26-/m0/s1. The lowest BCUT2D eigenvalue weighted by atomic mass is 10.0. The molecule has 2 N–H and O–H groups in total. The van der Waals surface area contributed by atoms with Gasteiger partial charge in [-0.2, -0.15) is 16.1 Å². The van der Waals surface area contributed by atoms with Crippen molar-refractivity contribution in [1.82, 2.24) is 9.62 Å². The molecule has 1 heterocycles. The molecule has 1 atom stereocenters. The molecule has 0 unspecified atom stereocenters. The first kappa shape index (κ1) is 27.3. The Bertz CT molecular complexity index is 1340. The molecule has 0 saturated carbocycles. The van der Waals surface area contributed by atoms with Crippen LogP contribution in [0.15, 0.2) is 77.7 Å². The van der Waals surface area contributed by atoms with Gasteiger partial charge in [0, 0.05) is 23.6 Å². The van der Waals surface area contributed by atoms with Gasteiger partial charge < -0.3 is 10.4 Å². The van der Waals surface area contributed by atoms with E-state index in [0.29, 0.717) is 30.8 Å². The number of carboxylic acids is 1. The summed E-state index contributed by atoms with van der Waals surface area (Å²) < 4.78 is 40.8. The van der Waals surface area contributed by atoms with E-state index in [0.717, 1.165) is 21.0 Å². The number of hydrogen-bond donors (Lipinski definition) is 2. The number of benzene rings is 3. The summed E-state index contributed by atoms with van der Waals surface area (Å²) in [7, 11) is -3.96. The third kappa shape index (κ3) is 6.23. The van der Waals surface area contributed by atoms with Gasteiger partial charge in [0.05, 0.1) is 4.90 Å². The molecule has 196 valence electrons. The molecule has 6 nitrogen and oxygen atoms in total. The second kappa shape index (κ2) is 11.3. The Morgan fingerprint density at radius 2 is 1.68 bits per heavy atom. The third-order valence-electron chi connectivity index (χ3n) is 6.57. The number of carboxylic acid groups (broad SMARTS) is 1. The van der Waals surface area contributed by atoms with Gasteiger partial charge in [0.1, 0.15) is 11.9 Å². The number of hydrogen-bond acceptors (Lipinski definition) is 5. The molecule has 1 aliphatic heterocycles. The summed E-state index contributed by atoms with van der Waals surface area (Å²) in [6, 6.07) is 20.2. The van der Waals surface area contributed by atoms with Gasteiger partial charge in [0.2, 0.25) is 10.0 Å². The second-order valence-corrected chi connectivity index (χ2v) is 13.2. The van der Waals surface area contributed by atoms with Gasteiger partial charge in [0.15, 0.2) is 0 Å². The Balaban J connectivity index is 1.40. The van der Waals surface area contributed by atoms with Gasteiger partial charge in [-0.25, -0.2) is 12.8 Å². The zero-order chi connectivity index (χ0) is 26.6. The smallest absolute Gasteiger partial charge is 0.323 e. The van der Waals surface area contributed by atoms with E-state index in [1.165, 1.54) is 30.0 Å². The summed E-state index contributed by atoms with van der Waals surface area (Å²) in [6.07, 6.45) is 0.612. The molecule has 3 aromatic rings. The quantitative estimate of drug-likeness (QED) is 0.378. The van der Waals surface area contributed by atoms with Crippen molar-refractivity contribution in [2.45, 2.75) is 42.5 Å². The number of aliphatic carboxylic acids is 1. The fraction of sp³-hybridized carbons (Fsp3) is 0.321. The van der Waals surface area contributed by atoms with Crippen molar-refractivity contribution in [3.05, 3.63) is 89.7 Å². The first-order chi connectivity index (χ1) is 17.6. The molecule has 0 amide bonds. The fourth-order valence-corrected chi connectivity index (χ4v) is 7.66. The van der Waals surface area contributed by atoms with E-state index in [4.69, 9.17) is 0 Å². The van der Waals surface area contributed by atoms with Crippen LogP contribution >= 0.6 is 11.8 Å². The van der Waals surface area contributed by atoms with Crippen LogP contribution in [-0.2, 0) is 27.8 Å². The Labute approximate surface area is 222 Å². The molecular formula is C28H31FN2O4S2. The first-order valence-electron chi connectivity index (χ1n) is 12.1. The SMILES string of the molecule is CC1(C)SCCN(S(=O)(=O)c2ccc(-c3ccc(CNCCc4ccccc4F)cc3)cc2)[C@H]1C(=O)O. The average Bonchev–Trinajstić information content (AvgIpc) is 2.87. The molecule has 0 radical (unpaired) electrons. The maximum Gasteiger partial charge on any atom is 0.323 e. The molecule has 9 heteroatoms. The monoisotopic (exact) mass is 542 g/mol. The number of carbonyl (C=O) groups is 1. The van der Waals surface area contributed by atoms with E-state index in [1.54, 1.807) is 38.1 Å². The van der Waals surface area contributed by atoms with Gasteiger partial charge >= 0.3 is 5.97 Å². The normalized spacial score (nSPS) is 18.0. The highest BCUT2D eigenvalue weighted by atomic mass is 32.2. The molecule has 1 fully saturated rings. The van der Waals surface area contributed by atoms with Crippen LogP contribution in [0.2, 0.25) is 0 Å². The van der Waals surface area contributed by atoms with Crippen LogP contribution in [0, 0.1) is 5.82 Å². The Kier molecular flexibility index (Phi) is 8.38. The average molecular weight is 543 g/mol. The van der Waals surface area contributed by atoms with Crippen LogP contribution in [0.3, 0.4) is 0 Å². The van der Waals surface area contributed by atoms with E-state index in [9.17, 15) is 22.7 Å². The lowest BCUT2D eigenvalue weighted by Gasteiger charge is -2.42. The fourth-order valence-electron chi connectivity index (χ4n) is 4.56. The first-order valence-corrected chi connectivity index (χ1v) is 14.5. The van der Waals surface area contributed by atoms with Crippen LogP contribution in [0.5, 0.6) is 0 Å².